The molecular formula is C17H21FN2O. The molecule has 0 saturated heterocycles. The number of hydrogen-bond acceptors (Lipinski definition) is 3. The molecule has 1 atom stereocenters. The molecule has 21 heavy (non-hydrogen) atoms. The van der Waals surface area contributed by atoms with Gasteiger partial charge in [-0.25, -0.2) is 4.39 Å². The van der Waals surface area contributed by atoms with E-state index in [0.717, 1.165) is 23.4 Å². The Bertz CT molecular complexity index is 540. The van der Waals surface area contributed by atoms with Crippen LogP contribution in [-0.4, -0.2) is 13.2 Å². The Labute approximate surface area is 124 Å². The fourth-order valence-electron chi connectivity index (χ4n) is 2.04. The molecule has 2 aromatic carbocycles. The van der Waals surface area contributed by atoms with Gasteiger partial charge >= 0.3 is 0 Å². The summed E-state index contributed by atoms with van der Waals surface area (Å²) in [6.07, 6.45) is 0.985. The molecule has 0 saturated carbocycles. The van der Waals surface area contributed by atoms with Crippen LogP contribution in [0.2, 0.25) is 0 Å². The van der Waals surface area contributed by atoms with E-state index in [2.05, 4.69) is 12.2 Å². The quantitative estimate of drug-likeness (QED) is 0.816. The molecule has 0 heterocycles. The van der Waals surface area contributed by atoms with E-state index in [9.17, 15) is 4.39 Å². The van der Waals surface area contributed by atoms with Gasteiger partial charge in [-0.2, -0.15) is 0 Å². The van der Waals surface area contributed by atoms with Gasteiger partial charge in [0.25, 0.3) is 0 Å². The Morgan fingerprint density at radius 2 is 1.76 bits per heavy atom. The molecule has 2 rings (SSSR count). The van der Waals surface area contributed by atoms with Crippen LogP contribution in [0.3, 0.4) is 0 Å². The van der Waals surface area contributed by atoms with E-state index in [4.69, 9.17) is 10.5 Å². The summed E-state index contributed by atoms with van der Waals surface area (Å²) in [4.78, 5) is 0. The Hall–Kier alpha value is -2.07. The molecule has 2 aromatic rings. The number of rotatable bonds is 7. The Morgan fingerprint density at radius 3 is 2.33 bits per heavy atom. The Morgan fingerprint density at radius 1 is 1.10 bits per heavy atom. The molecule has 0 aliphatic carbocycles. The number of nitrogens with one attached hydrogen (secondary N) is 1. The summed E-state index contributed by atoms with van der Waals surface area (Å²) in [6.45, 7) is 3.24. The predicted octanol–water partition coefficient (Wildman–Crippen LogP) is 3.73. The van der Waals surface area contributed by atoms with Gasteiger partial charge in [0.15, 0.2) is 0 Å². The van der Waals surface area contributed by atoms with Gasteiger partial charge in [-0.15, -0.1) is 0 Å². The van der Waals surface area contributed by atoms with Gasteiger partial charge in [0, 0.05) is 12.2 Å². The molecular weight excluding hydrogens is 267 g/mol. The van der Waals surface area contributed by atoms with E-state index in [1.165, 1.54) is 12.1 Å². The van der Waals surface area contributed by atoms with Crippen molar-refractivity contribution in [2.75, 3.05) is 18.5 Å². The highest BCUT2D eigenvalue weighted by Gasteiger charge is 2.09. The summed E-state index contributed by atoms with van der Waals surface area (Å²) in [5, 5.41) is 3.30. The number of halogens is 1. The van der Waals surface area contributed by atoms with E-state index in [1.54, 1.807) is 12.1 Å². The lowest BCUT2D eigenvalue weighted by Crippen LogP contribution is -2.20. The Kier molecular flexibility index (Phi) is 5.58. The van der Waals surface area contributed by atoms with Gasteiger partial charge < -0.3 is 15.8 Å². The third kappa shape index (κ3) is 4.46. The van der Waals surface area contributed by atoms with Gasteiger partial charge in [-0.05, 0) is 48.4 Å². The van der Waals surface area contributed by atoms with E-state index in [0.29, 0.717) is 13.2 Å². The van der Waals surface area contributed by atoms with Crippen LogP contribution in [0.15, 0.2) is 48.5 Å². The van der Waals surface area contributed by atoms with Crippen molar-refractivity contribution in [3.63, 3.8) is 0 Å². The molecule has 3 N–H and O–H groups in total. The molecule has 0 amide bonds. The minimum atomic E-state index is -0.248. The summed E-state index contributed by atoms with van der Waals surface area (Å²) in [5.41, 5.74) is 7.75. The third-order valence-electron chi connectivity index (χ3n) is 3.18. The molecule has 0 radical (unpaired) electrons. The first-order valence-corrected chi connectivity index (χ1v) is 7.18. The molecule has 0 aromatic heterocycles. The first-order chi connectivity index (χ1) is 10.2. The maximum atomic E-state index is 12.9. The molecule has 0 spiro atoms. The summed E-state index contributed by atoms with van der Waals surface area (Å²) in [7, 11) is 0. The Balaban J connectivity index is 2.04. The van der Waals surface area contributed by atoms with Gasteiger partial charge in [-0.1, -0.05) is 19.1 Å². The van der Waals surface area contributed by atoms with E-state index in [1.807, 2.05) is 24.3 Å². The highest BCUT2D eigenvalue weighted by atomic mass is 19.1. The fourth-order valence-corrected chi connectivity index (χ4v) is 2.04. The van der Waals surface area contributed by atoms with Crippen molar-refractivity contribution in [1.29, 1.82) is 0 Å². The van der Waals surface area contributed by atoms with Crippen LogP contribution in [0, 0.1) is 5.82 Å². The van der Waals surface area contributed by atoms with Crippen molar-refractivity contribution in [2.45, 2.75) is 19.4 Å². The van der Waals surface area contributed by atoms with Crippen LogP contribution in [0.4, 0.5) is 10.1 Å². The SMILES string of the molecule is CCCOc1ccc(C(CN)Nc2ccc(F)cc2)cc1. The first-order valence-electron chi connectivity index (χ1n) is 7.18. The minimum absolute atomic E-state index is 0.0179. The van der Waals surface area contributed by atoms with Crippen molar-refractivity contribution >= 4 is 5.69 Å². The van der Waals surface area contributed by atoms with Crippen LogP contribution < -0.4 is 15.8 Å². The molecule has 1 unspecified atom stereocenters. The van der Waals surface area contributed by atoms with E-state index >= 15 is 0 Å². The monoisotopic (exact) mass is 288 g/mol. The average Bonchev–Trinajstić information content (AvgIpc) is 2.53. The highest BCUT2D eigenvalue weighted by molar-refractivity contribution is 5.46. The fraction of sp³-hybridized carbons (Fsp3) is 0.294. The summed E-state index contributed by atoms with van der Waals surface area (Å²) in [6, 6.07) is 14.1. The van der Waals surface area contributed by atoms with Crippen molar-refractivity contribution in [2.24, 2.45) is 5.73 Å². The van der Waals surface area contributed by atoms with E-state index < -0.39 is 0 Å². The third-order valence-corrected chi connectivity index (χ3v) is 3.18. The van der Waals surface area contributed by atoms with Gasteiger partial charge in [0.1, 0.15) is 11.6 Å². The highest BCUT2D eigenvalue weighted by Crippen LogP contribution is 2.21. The van der Waals surface area contributed by atoms with Crippen LogP contribution in [-0.2, 0) is 0 Å². The first kappa shape index (κ1) is 15.3. The second-order valence-electron chi connectivity index (χ2n) is 4.86. The summed E-state index contributed by atoms with van der Waals surface area (Å²) in [5.74, 6) is 0.612. The zero-order chi connectivity index (χ0) is 15.1. The molecule has 0 fully saturated rings. The lowest BCUT2D eigenvalue weighted by Gasteiger charge is -2.19. The summed E-state index contributed by atoms with van der Waals surface area (Å²) < 4.78 is 18.5. The summed E-state index contributed by atoms with van der Waals surface area (Å²) >= 11 is 0. The second-order valence-corrected chi connectivity index (χ2v) is 4.86. The van der Waals surface area contributed by atoms with Crippen molar-refractivity contribution in [3.05, 3.63) is 59.9 Å². The van der Waals surface area contributed by atoms with Crippen molar-refractivity contribution in [3.8, 4) is 5.75 Å². The number of nitrogens with two attached hydrogens (primary N) is 1. The molecule has 112 valence electrons. The number of ether oxygens (including phenoxy) is 1. The zero-order valence-corrected chi connectivity index (χ0v) is 12.2. The maximum Gasteiger partial charge on any atom is 0.123 e. The number of hydrogen-bond donors (Lipinski definition) is 2. The number of anilines is 1. The molecule has 3 nitrogen and oxygen atoms in total. The molecule has 4 heteroatoms. The topological polar surface area (TPSA) is 47.3 Å². The smallest absolute Gasteiger partial charge is 0.123 e. The van der Waals surface area contributed by atoms with Crippen LogP contribution >= 0.6 is 0 Å². The molecule has 0 aliphatic heterocycles. The largest absolute Gasteiger partial charge is 0.494 e. The van der Waals surface area contributed by atoms with Crippen molar-refractivity contribution < 1.29 is 9.13 Å². The number of benzene rings is 2. The standard InChI is InChI=1S/C17H21FN2O/c1-2-11-21-16-9-3-13(4-10-16)17(12-19)20-15-7-5-14(18)6-8-15/h3-10,17,20H,2,11-12,19H2,1H3. The average molecular weight is 288 g/mol. The normalized spacial score (nSPS) is 12.0. The van der Waals surface area contributed by atoms with Gasteiger partial charge in [0.05, 0.1) is 12.6 Å². The minimum Gasteiger partial charge on any atom is -0.494 e. The van der Waals surface area contributed by atoms with E-state index in [-0.39, 0.29) is 11.9 Å². The van der Waals surface area contributed by atoms with Crippen LogP contribution in [0.25, 0.3) is 0 Å². The predicted molar refractivity (Wildman–Crippen MR) is 84.0 cm³/mol. The van der Waals surface area contributed by atoms with Crippen LogP contribution in [0.5, 0.6) is 5.75 Å². The maximum absolute atomic E-state index is 12.9. The molecule has 0 bridgehead atoms. The lowest BCUT2D eigenvalue weighted by atomic mass is 10.1. The van der Waals surface area contributed by atoms with Crippen molar-refractivity contribution in [1.82, 2.24) is 0 Å². The van der Waals surface area contributed by atoms with Gasteiger partial charge in [-0.3, -0.25) is 0 Å². The molecule has 0 aliphatic rings. The lowest BCUT2D eigenvalue weighted by molar-refractivity contribution is 0.317. The zero-order valence-electron chi connectivity index (χ0n) is 12.2. The van der Waals surface area contributed by atoms with Gasteiger partial charge in [0.2, 0.25) is 0 Å². The van der Waals surface area contributed by atoms with Crippen LogP contribution in [0.1, 0.15) is 24.9 Å². The second kappa shape index (κ2) is 7.64.